The number of aliphatic hydroxyl groups excluding tert-OH is 8. The molecule has 14 nitrogen and oxygen atoms in total. The Hall–Kier alpha value is -2.31. The zero-order valence-electron chi connectivity index (χ0n) is 60.9. The van der Waals surface area contributed by atoms with Crippen LogP contribution in [0.4, 0.5) is 0 Å². The first kappa shape index (κ1) is 88.8. The fourth-order valence-electron chi connectivity index (χ4n) is 13.1. The molecule has 0 aromatic heterocycles. The molecule has 0 saturated carbocycles. The largest absolute Gasteiger partial charge is 0.394 e. The van der Waals surface area contributed by atoms with E-state index in [-0.39, 0.29) is 18.9 Å². The van der Waals surface area contributed by atoms with Crippen molar-refractivity contribution in [2.45, 2.75) is 428 Å². The van der Waals surface area contributed by atoms with E-state index in [1.54, 1.807) is 6.08 Å². The van der Waals surface area contributed by atoms with Crippen molar-refractivity contribution in [1.82, 2.24) is 5.32 Å². The van der Waals surface area contributed by atoms with E-state index in [9.17, 15) is 45.6 Å². The predicted molar refractivity (Wildman–Crippen MR) is 392 cm³/mol. The molecule has 0 aromatic rings. The van der Waals surface area contributed by atoms with Crippen molar-refractivity contribution < 1.29 is 64.6 Å². The average molecular weight is 1350 g/mol. The number of aliphatic hydroxyl groups is 8. The lowest BCUT2D eigenvalue weighted by Crippen LogP contribution is -2.65. The summed E-state index contributed by atoms with van der Waals surface area (Å²) in [6, 6.07) is -0.939. The first-order valence-corrected chi connectivity index (χ1v) is 40.0. The van der Waals surface area contributed by atoms with Gasteiger partial charge < -0.3 is 65.1 Å². The number of amides is 1. The van der Waals surface area contributed by atoms with Gasteiger partial charge in [0.1, 0.15) is 48.8 Å². The van der Waals surface area contributed by atoms with Crippen LogP contribution < -0.4 is 5.32 Å². The predicted octanol–water partition coefficient (Wildman–Crippen LogP) is 18.0. The van der Waals surface area contributed by atoms with Crippen LogP contribution in [0.1, 0.15) is 354 Å². The highest BCUT2D eigenvalue weighted by Gasteiger charge is 2.51. The van der Waals surface area contributed by atoms with Gasteiger partial charge in [0, 0.05) is 6.42 Å². The van der Waals surface area contributed by atoms with Crippen LogP contribution in [0.15, 0.2) is 60.8 Å². The van der Waals surface area contributed by atoms with Gasteiger partial charge in [-0.05, 0) is 77.0 Å². The van der Waals surface area contributed by atoms with Crippen LogP contribution in [0, 0.1) is 0 Å². The summed E-state index contributed by atoms with van der Waals surface area (Å²) in [6.45, 7) is 2.81. The normalized spacial score (nSPS) is 22.6. The molecule has 2 rings (SSSR count). The van der Waals surface area contributed by atoms with Gasteiger partial charge in [-0.25, -0.2) is 0 Å². The van der Waals surface area contributed by atoms with Crippen LogP contribution in [0.3, 0.4) is 0 Å². The van der Waals surface area contributed by atoms with Crippen molar-refractivity contribution >= 4 is 5.91 Å². The van der Waals surface area contributed by atoms with Crippen LogP contribution in [0.5, 0.6) is 0 Å². The molecule has 12 unspecified atom stereocenters. The van der Waals surface area contributed by atoms with Crippen molar-refractivity contribution in [3.05, 3.63) is 60.8 Å². The molecule has 0 bridgehead atoms. The van der Waals surface area contributed by atoms with Gasteiger partial charge in [-0.1, -0.05) is 331 Å². The highest BCUT2D eigenvalue weighted by Crippen LogP contribution is 2.30. The maximum atomic E-state index is 13.4. The molecule has 0 aliphatic carbocycles. The van der Waals surface area contributed by atoms with E-state index in [1.807, 2.05) is 6.08 Å². The van der Waals surface area contributed by atoms with E-state index in [0.717, 1.165) is 51.4 Å². The van der Waals surface area contributed by atoms with Gasteiger partial charge in [0.15, 0.2) is 12.6 Å². The molecule has 2 saturated heterocycles. The molecule has 0 aromatic carbocycles. The minimum Gasteiger partial charge on any atom is -0.394 e. The minimum absolute atomic E-state index is 0.247. The van der Waals surface area contributed by atoms with E-state index in [0.29, 0.717) is 12.8 Å². The van der Waals surface area contributed by atoms with E-state index in [2.05, 4.69) is 67.8 Å². The summed E-state index contributed by atoms with van der Waals surface area (Å²) in [7, 11) is 0. The molecule has 14 heteroatoms. The quantitative estimate of drug-likeness (QED) is 0.0204. The third-order valence-corrected chi connectivity index (χ3v) is 19.4. The average Bonchev–Trinajstić information content (AvgIpc) is 0.801. The molecule has 0 spiro atoms. The summed E-state index contributed by atoms with van der Waals surface area (Å²) in [5.41, 5.74) is 0. The fourth-order valence-corrected chi connectivity index (χ4v) is 13.1. The monoisotopic (exact) mass is 1340 g/mol. The molecular formula is C81H149NO13. The summed E-state index contributed by atoms with van der Waals surface area (Å²) in [5.74, 6) is -0.247. The SMILES string of the molecule is CCCCCCC/C=C\C/C=C\CCCCCCCCCCCCCCCCCCCCCCCCCCCCCC(=O)NC(COC1OC(CO)C(OC2OC(CO)C(O)C(O)C2O)C(O)C1O)C(O)/C=C/CC/C=C/CC/C=C/CCCCCCCCCCCCCC. The number of hydrogen-bond donors (Lipinski definition) is 9. The van der Waals surface area contributed by atoms with Gasteiger partial charge in [-0.3, -0.25) is 4.79 Å². The van der Waals surface area contributed by atoms with Crippen LogP contribution in [-0.4, -0.2) is 140 Å². The lowest BCUT2D eigenvalue weighted by Gasteiger charge is -2.46. The van der Waals surface area contributed by atoms with Gasteiger partial charge in [0.25, 0.3) is 0 Å². The number of allylic oxidation sites excluding steroid dienone is 9. The molecule has 2 aliphatic rings. The second kappa shape index (κ2) is 65.0. The standard InChI is InChI=1S/C81H149NO13/c1-3-5-7-9-11-13-15-17-19-21-23-25-27-28-29-30-31-32-33-34-35-36-37-38-39-40-41-42-43-45-47-49-51-53-55-57-59-61-63-65-73(86)82-69(68-92-80-78(91)76(89)79(72(67-84)94-80)95-81-77(90)75(88)74(87)71(66-83)93-81)70(85)64-62-60-58-56-54-52-50-48-46-44-26-24-22-20-18-16-14-12-10-8-6-4-2/h15,17,21,23,46,48,54,56,62,64,69-72,74-81,83-85,87-91H,3-14,16,18-20,22,24-45,47,49-53,55,57-61,63,65-68H2,1-2H3,(H,82,86)/b17-15-,23-21-,48-46+,56-54+,64-62+. The Morgan fingerprint density at radius 1 is 0.379 bits per heavy atom. The highest BCUT2D eigenvalue weighted by atomic mass is 16.7. The van der Waals surface area contributed by atoms with Crippen molar-refractivity contribution in [1.29, 1.82) is 0 Å². The lowest BCUT2D eigenvalue weighted by molar-refractivity contribution is -0.359. The van der Waals surface area contributed by atoms with Gasteiger partial charge >= 0.3 is 0 Å². The maximum absolute atomic E-state index is 13.4. The van der Waals surface area contributed by atoms with Gasteiger partial charge in [-0.15, -0.1) is 0 Å². The summed E-state index contributed by atoms with van der Waals surface area (Å²) in [6.07, 6.45) is 71.8. The van der Waals surface area contributed by atoms with Crippen molar-refractivity contribution in [2.75, 3.05) is 19.8 Å². The topological polar surface area (TPSA) is 228 Å². The Kier molecular flexibility index (Phi) is 60.8. The lowest BCUT2D eigenvalue weighted by atomic mass is 9.97. The number of unbranched alkanes of at least 4 members (excludes halogenated alkanes) is 46. The molecule has 556 valence electrons. The third kappa shape index (κ3) is 48.2. The number of hydrogen-bond acceptors (Lipinski definition) is 13. The Bertz CT molecular complexity index is 1830. The second-order valence-electron chi connectivity index (χ2n) is 28.2. The van der Waals surface area contributed by atoms with E-state index >= 15 is 0 Å². The number of carbonyl (C=O) groups is 1. The molecule has 2 aliphatic heterocycles. The van der Waals surface area contributed by atoms with E-state index in [4.69, 9.17) is 18.9 Å². The zero-order valence-corrected chi connectivity index (χ0v) is 60.9. The maximum Gasteiger partial charge on any atom is 0.220 e. The third-order valence-electron chi connectivity index (χ3n) is 19.4. The first-order valence-electron chi connectivity index (χ1n) is 40.0. The number of carbonyl (C=O) groups excluding carboxylic acids is 1. The molecule has 0 radical (unpaired) electrons. The van der Waals surface area contributed by atoms with Crippen LogP contribution in [-0.2, 0) is 23.7 Å². The van der Waals surface area contributed by atoms with Crippen molar-refractivity contribution in [3.8, 4) is 0 Å². The molecule has 95 heavy (non-hydrogen) atoms. The zero-order chi connectivity index (χ0) is 68.7. The van der Waals surface area contributed by atoms with Crippen LogP contribution in [0.2, 0.25) is 0 Å². The minimum atomic E-state index is -1.79. The Morgan fingerprint density at radius 3 is 1.09 bits per heavy atom. The molecule has 2 heterocycles. The first-order chi connectivity index (χ1) is 46.6. The molecular weight excluding hydrogens is 1190 g/mol. The van der Waals surface area contributed by atoms with Gasteiger partial charge in [0.05, 0.1) is 32.0 Å². The molecule has 1 amide bonds. The highest BCUT2D eigenvalue weighted by molar-refractivity contribution is 5.76. The summed E-state index contributed by atoms with van der Waals surface area (Å²) in [4.78, 5) is 13.4. The summed E-state index contributed by atoms with van der Waals surface area (Å²) >= 11 is 0. The summed E-state index contributed by atoms with van der Waals surface area (Å²) in [5, 5.41) is 87.5. The molecule has 2 fully saturated rings. The van der Waals surface area contributed by atoms with E-state index in [1.165, 1.54) is 270 Å². The van der Waals surface area contributed by atoms with Gasteiger partial charge in [0.2, 0.25) is 5.91 Å². The van der Waals surface area contributed by atoms with Crippen LogP contribution >= 0.6 is 0 Å². The smallest absolute Gasteiger partial charge is 0.220 e. The fraction of sp³-hybridized carbons (Fsp3) is 0.864. The Morgan fingerprint density at radius 2 is 0.705 bits per heavy atom. The number of rotatable bonds is 67. The van der Waals surface area contributed by atoms with Crippen molar-refractivity contribution in [2.24, 2.45) is 0 Å². The molecule has 9 N–H and O–H groups in total. The van der Waals surface area contributed by atoms with Crippen LogP contribution in [0.25, 0.3) is 0 Å². The van der Waals surface area contributed by atoms with Crippen molar-refractivity contribution in [3.63, 3.8) is 0 Å². The number of ether oxygens (including phenoxy) is 4. The Balaban J connectivity index is 1.59. The second-order valence-corrected chi connectivity index (χ2v) is 28.2. The summed E-state index contributed by atoms with van der Waals surface area (Å²) < 4.78 is 22.9. The van der Waals surface area contributed by atoms with E-state index < -0.39 is 86.8 Å². The Labute approximate surface area is 581 Å². The number of nitrogens with one attached hydrogen (secondary N) is 1. The molecule has 12 atom stereocenters. The van der Waals surface area contributed by atoms with Gasteiger partial charge in [-0.2, -0.15) is 0 Å².